The van der Waals surface area contributed by atoms with Crippen molar-refractivity contribution in [3.8, 4) is 0 Å². The number of amides is 2. The molecule has 34 heavy (non-hydrogen) atoms. The first-order valence-electron chi connectivity index (χ1n) is 11.0. The zero-order valence-electron chi connectivity index (χ0n) is 18.8. The Bertz CT molecular complexity index is 1070. The number of hydrogen-bond donors (Lipinski definition) is 2. The van der Waals surface area contributed by atoms with E-state index in [1.54, 1.807) is 18.0 Å². The first-order valence-corrected chi connectivity index (χ1v) is 11.7. The van der Waals surface area contributed by atoms with Crippen LogP contribution in [0.2, 0.25) is 10.0 Å². The minimum Gasteiger partial charge on any atom is -0.478 e. The summed E-state index contributed by atoms with van der Waals surface area (Å²) in [7, 11) is 1.78. The molecule has 1 saturated heterocycles. The van der Waals surface area contributed by atoms with Crippen molar-refractivity contribution in [3.05, 3.63) is 75.8 Å². The summed E-state index contributed by atoms with van der Waals surface area (Å²) >= 11 is 12.3. The number of benzene rings is 2. The van der Waals surface area contributed by atoms with Crippen LogP contribution in [0.5, 0.6) is 0 Å². The number of halogens is 2. The van der Waals surface area contributed by atoms with Gasteiger partial charge in [-0.3, -0.25) is 9.59 Å². The number of carboxylic acid groups (broad SMARTS) is 1. The molecule has 2 aromatic rings. The number of carboxylic acids is 1. The maximum atomic E-state index is 13.4. The van der Waals surface area contributed by atoms with E-state index in [-0.39, 0.29) is 28.4 Å². The van der Waals surface area contributed by atoms with Gasteiger partial charge in [0.05, 0.1) is 22.5 Å². The highest BCUT2D eigenvalue weighted by Gasteiger charge is 2.26. The summed E-state index contributed by atoms with van der Waals surface area (Å²) in [5.41, 5.74) is 1.83. The van der Waals surface area contributed by atoms with Crippen LogP contribution in [0.25, 0.3) is 0 Å². The molecule has 0 saturated carbocycles. The average molecular weight is 504 g/mol. The highest BCUT2D eigenvalue weighted by atomic mass is 35.5. The van der Waals surface area contributed by atoms with Gasteiger partial charge in [-0.05, 0) is 49.2 Å². The summed E-state index contributed by atoms with van der Waals surface area (Å²) < 4.78 is 0. The zero-order valence-corrected chi connectivity index (χ0v) is 20.4. The van der Waals surface area contributed by atoms with E-state index in [0.717, 1.165) is 50.2 Å². The van der Waals surface area contributed by atoms with E-state index in [1.807, 2.05) is 30.3 Å². The van der Waals surface area contributed by atoms with Gasteiger partial charge >= 0.3 is 5.97 Å². The first-order chi connectivity index (χ1) is 16.2. The molecule has 3 rings (SSSR count). The number of anilines is 1. The van der Waals surface area contributed by atoms with E-state index >= 15 is 0 Å². The van der Waals surface area contributed by atoms with Crippen LogP contribution in [0.15, 0.2) is 54.6 Å². The van der Waals surface area contributed by atoms with Gasteiger partial charge < -0.3 is 20.2 Å². The van der Waals surface area contributed by atoms with Gasteiger partial charge in [-0.2, -0.15) is 0 Å². The fraction of sp³-hybridized carbons (Fsp3) is 0.320. The number of nitrogens with zero attached hydrogens (tertiary/aromatic N) is 2. The molecular formula is C25H27Cl2N3O4. The largest absolute Gasteiger partial charge is 0.478 e. The number of hydrogen-bond acceptors (Lipinski definition) is 4. The number of aliphatic carboxylic acids is 1. The van der Waals surface area contributed by atoms with Crippen molar-refractivity contribution in [2.75, 3.05) is 32.0 Å². The Kier molecular flexibility index (Phi) is 9.10. The quantitative estimate of drug-likeness (QED) is 0.494. The van der Waals surface area contributed by atoms with Crippen molar-refractivity contribution in [1.29, 1.82) is 0 Å². The normalized spacial score (nSPS) is 14.8. The van der Waals surface area contributed by atoms with Crippen LogP contribution in [-0.2, 0) is 20.8 Å². The molecule has 1 fully saturated rings. The van der Waals surface area contributed by atoms with Crippen LogP contribution < -0.4 is 5.32 Å². The van der Waals surface area contributed by atoms with Crippen LogP contribution >= 0.6 is 23.2 Å². The molecule has 1 atom stereocenters. The predicted octanol–water partition coefficient (Wildman–Crippen LogP) is 4.41. The Labute approximate surface area is 208 Å². The SMILES string of the molecule is CN(C(=O)Cc1cc(Cl)c(Cl)cc1NC(=O)C=CC(=O)O)[C@H](CN1CCCC1)c1ccccc1. The molecule has 7 nitrogen and oxygen atoms in total. The third-order valence-corrected chi connectivity index (χ3v) is 6.52. The molecule has 2 N–H and O–H groups in total. The van der Waals surface area contributed by atoms with E-state index in [1.165, 1.54) is 6.07 Å². The van der Waals surface area contributed by atoms with Gasteiger partial charge in [0.2, 0.25) is 11.8 Å². The summed E-state index contributed by atoms with van der Waals surface area (Å²) in [6.45, 7) is 2.76. The third kappa shape index (κ3) is 7.06. The molecule has 9 heteroatoms. The molecule has 1 heterocycles. The highest BCUT2D eigenvalue weighted by molar-refractivity contribution is 6.42. The lowest BCUT2D eigenvalue weighted by Crippen LogP contribution is -2.39. The molecule has 0 aliphatic carbocycles. The molecule has 180 valence electrons. The second-order valence-electron chi connectivity index (χ2n) is 8.20. The van der Waals surface area contributed by atoms with Gasteiger partial charge in [0.15, 0.2) is 0 Å². The monoisotopic (exact) mass is 503 g/mol. The molecule has 1 aliphatic heterocycles. The van der Waals surface area contributed by atoms with Crippen molar-refractivity contribution in [3.63, 3.8) is 0 Å². The van der Waals surface area contributed by atoms with Gasteiger partial charge in [-0.25, -0.2) is 4.79 Å². The molecule has 0 aromatic heterocycles. The maximum Gasteiger partial charge on any atom is 0.328 e. The average Bonchev–Trinajstić information content (AvgIpc) is 3.33. The van der Waals surface area contributed by atoms with Crippen LogP contribution in [0.3, 0.4) is 0 Å². The Morgan fingerprint density at radius 2 is 1.74 bits per heavy atom. The van der Waals surface area contributed by atoms with Crippen LogP contribution in [-0.4, -0.2) is 59.4 Å². The van der Waals surface area contributed by atoms with Gasteiger partial charge in [0.25, 0.3) is 0 Å². The molecule has 0 unspecified atom stereocenters. The predicted molar refractivity (Wildman–Crippen MR) is 133 cm³/mol. The van der Waals surface area contributed by atoms with Crippen molar-refractivity contribution in [2.45, 2.75) is 25.3 Å². The van der Waals surface area contributed by atoms with Crippen LogP contribution in [0.1, 0.15) is 30.0 Å². The van der Waals surface area contributed by atoms with E-state index in [2.05, 4.69) is 10.2 Å². The molecule has 2 amide bonds. The lowest BCUT2D eigenvalue weighted by Gasteiger charge is -2.32. The molecule has 0 bridgehead atoms. The molecule has 0 spiro atoms. The Morgan fingerprint density at radius 3 is 2.38 bits per heavy atom. The number of rotatable bonds is 9. The summed E-state index contributed by atoms with van der Waals surface area (Å²) in [4.78, 5) is 40.3. The second-order valence-corrected chi connectivity index (χ2v) is 9.01. The molecule has 0 radical (unpaired) electrons. The highest BCUT2D eigenvalue weighted by Crippen LogP contribution is 2.31. The Balaban J connectivity index is 1.82. The Morgan fingerprint density at radius 1 is 1.09 bits per heavy atom. The summed E-state index contributed by atoms with van der Waals surface area (Å²) in [5.74, 6) is -2.05. The fourth-order valence-corrected chi connectivity index (χ4v) is 4.32. The number of nitrogens with one attached hydrogen (secondary N) is 1. The summed E-state index contributed by atoms with van der Waals surface area (Å²) in [5, 5.41) is 11.8. The van der Waals surface area contributed by atoms with Gasteiger partial charge in [-0.15, -0.1) is 0 Å². The van der Waals surface area contributed by atoms with Crippen LogP contribution in [0.4, 0.5) is 5.69 Å². The van der Waals surface area contributed by atoms with Crippen molar-refractivity contribution in [1.82, 2.24) is 9.80 Å². The number of carbonyl (C=O) groups excluding carboxylic acids is 2. The molecular weight excluding hydrogens is 477 g/mol. The molecule has 1 aliphatic rings. The van der Waals surface area contributed by atoms with Crippen molar-refractivity contribution in [2.24, 2.45) is 0 Å². The topological polar surface area (TPSA) is 90.0 Å². The minimum absolute atomic E-state index is 0.0189. The van der Waals surface area contributed by atoms with E-state index in [0.29, 0.717) is 11.3 Å². The Hall–Kier alpha value is -2.87. The van der Waals surface area contributed by atoms with Crippen molar-refractivity contribution < 1.29 is 19.5 Å². The van der Waals surface area contributed by atoms with Gasteiger partial charge in [-0.1, -0.05) is 53.5 Å². The maximum absolute atomic E-state index is 13.4. The van der Waals surface area contributed by atoms with E-state index in [4.69, 9.17) is 28.3 Å². The lowest BCUT2D eigenvalue weighted by atomic mass is 10.0. The summed E-state index contributed by atoms with van der Waals surface area (Å²) in [6.07, 6.45) is 3.91. The summed E-state index contributed by atoms with van der Waals surface area (Å²) in [6, 6.07) is 12.8. The van der Waals surface area contributed by atoms with Crippen molar-refractivity contribution >= 4 is 46.7 Å². The smallest absolute Gasteiger partial charge is 0.328 e. The van der Waals surface area contributed by atoms with E-state index in [9.17, 15) is 14.4 Å². The van der Waals surface area contributed by atoms with Gasteiger partial charge in [0.1, 0.15) is 0 Å². The standard InChI is InChI=1S/C25H27Cl2N3O4/c1-29(22(16-30-11-5-6-12-30)17-7-3-2-4-8-17)24(32)14-18-13-19(26)20(27)15-21(18)28-23(31)9-10-25(33)34/h2-4,7-10,13,15,22H,5-6,11-12,14,16H2,1H3,(H,28,31)(H,33,34)/t22-/m1/s1. The number of carbonyl (C=O) groups is 3. The van der Waals surface area contributed by atoms with Gasteiger partial charge in [0, 0.05) is 31.4 Å². The number of likely N-dealkylation sites (tertiary alicyclic amines) is 1. The van der Waals surface area contributed by atoms with Crippen LogP contribution in [0, 0.1) is 0 Å². The fourth-order valence-electron chi connectivity index (χ4n) is 3.97. The minimum atomic E-state index is -1.24. The van der Waals surface area contributed by atoms with E-state index < -0.39 is 11.9 Å². The third-order valence-electron chi connectivity index (χ3n) is 5.80. The number of likely N-dealkylation sites (N-methyl/N-ethyl adjacent to an activating group) is 1. The zero-order chi connectivity index (χ0) is 24.7. The molecule has 2 aromatic carbocycles. The second kappa shape index (κ2) is 12.0. The lowest BCUT2D eigenvalue weighted by molar-refractivity contribution is -0.132. The first kappa shape index (κ1) is 25.7.